The molecule has 3 nitrogen and oxygen atoms in total. The van der Waals surface area contributed by atoms with Crippen LogP contribution in [0.2, 0.25) is 0 Å². The molecule has 1 aliphatic rings. The van der Waals surface area contributed by atoms with Gasteiger partial charge >= 0.3 is 0 Å². The Bertz CT molecular complexity index is 637. The average molecular weight is 312 g/mol. The highest BCUT2D eigenvalue weighted by molar-refractivity contribution is 7.98. The maximum atomic E-state index is 12.7. The number of rotatable bonds is 3. The summed E-state index contributed by atoms with van der Waals surface area (Å²) in [7, 11) is 0. The molecule has 0 saturated carbocycles. The van der Waals surface area contributed by atoms with Crippen molar-refractivity contribution in [2.24, 2.45) is 0 Å². The second-order valence-corrected chi connectivity index (χ2v) is 6.16. The predicted molar refractivity (Wildman–Crippen MR) is 92.8 cm³/mol. The zero-order valence-electron chi connectivity index (χ0n) is 12.7. The molecule has 0 aliphatic carbocycles. The molecule has 0 spiro atoms. The maximum Gasteiger partial charge on any atom is 0.255 e. The van der Waals surface area contributed by atoms with E-state index in [0.717, 1.165) is 36.6 Å². The van der Waals surface area contributed by atoms with Crippen LogP contribution in [0.3, 0.4) is 0 Å². The van der Waals surface area contributed by atoms with Crippen molar-refractivity contribution in [3.63, 3.8) is 0 Å². The number of piperazine rings is 1. The summed E-state index contributed by atoms with van der Waals surface area (Å²) in [6.45, 7) is 3.32. The number of para-hydroxylation sites is 1. The molecule has 2 aromatic rings. The minimum atomic E-state index is 0.151. The van der Waals surface area contributed by atoms with Crippen LogP contribution < -0.4 is 4.90 Å². The zero-order chi connectivity index (χ0) is 15.4. The number of amides is 1. The van der Waals surface area contributed by atoms with Crippen molar-refractivity contribution in [3.05, 3.63) is 60.2 Å². The minimum Gasteiger partial charge on any atom is -0.368 e. The van der Waals surface area contributed by atoms with Gasteiger partial charge in [-0.2, -0.15) is 0 Å². The van der Waals surface area contributed by atoms with Gasteiger partial charge in [-0.05, 0) is 30.5 Å². The Balaban J connectivity index is 1.67. The van der Waals surface area contributed by atoms with E-state index < -0.39 is 0 Å². The van der Waals surface area contributed by atoms with Gasteiger partial charge in [0.2, 0.25) is 0 Å². The van der Waals surface area contributed by atoms with Gasteiger partial charge in [0.15, 0.2) is 0 Å². The molecule has 22 heavy (non-hydrogen) atoms. The summed E-state index contributed by atoms with van der Waals surface area (Å²) in [5.74, 6) is 0.151. The van der Waals surface area contributed by atoms with Gasteiger partial charge in [0.05, 0.1) is 5.56 Å². The van der Waals surface area contributed by atoms with Gasteiger partial charge in [-0.25, -0.2) is 0 Å². The van der Waals surface area contributed by atoms with Crippen LogP contribution in [-0.4, -0.2) is 43.2 Å². The van der Waals surface area contributed by atoms with Crippen LogP contribution in [0.25, 0.3) is 0 Å². The third-order valence-electron chi connectivity index (χ3n) is 4.03. The van der Waals surface area contributed by atoms with Crippen LogP contribution in [0.1, 0.15) is 10.4 Å². The molecule has 0 N–H and O–H groups in total. The van der Waals surface area contributed by atoms with Gasteiger partial charge in [0, 0.05) is 36.8 Å². The molecule has 0 unspecified atom stereocenters. The second-order valence-electron chi connectivity index (χ2n) is 5.32. The summed E-state index contributed by atoms with van der Waals surface area (Å²) in [5, 5.41) is 0. The summed E-state index contributed by atoms with van der Waals surface area (Å²) in [6.07, 6.45) is 2.01. The van der Waals surface area contributed by atoms with Gasteiger partial charge in [0.25, 0.3) is 5.91 Å². The molecule has 1 heterocycles. The van der Waals surface area contributed by atoms with Crippen molar-refractivity contribution in [2.45, 2.75) is 4.90 Å². The molecule has 0 atom stereocenters. The minimum absolute atomic E-state index is 0.151. The van der Waals surface area contributed by atoms with Gasteiger partial charge in [-0.15, -0.1) is 11.8 Å². The summed E-state index contributed by atoms with van der Waals surface area (Å²) in [4.78, 5) is 18.1. The Hall–Kier alpha value is -1.94. The van der Waals surface area contributed by atoms with Crippen molar-refractivity contribution >= 4 is 23.4 Å². The molecular weight excluding hydrogens is 292 g/mol. The molecule has 4 heteroatoms. The SMILES string of the molecule is CSc1ccccc1C(=O)N1CCN(c2ccccc2)CC1. The van der Waals surface area contributed by atoms with E-state index in [4.69, 9.17) is 0 Å². The number of benzene rings is 2. The quantitative estimate of drug-likeness (QED) is 0.812. The fourth-order valence-corrected chi connectivity index (χ4v) is 3.39. The average Bonchev–Trinajstić information content (AvgIpc) is 2.62. The zero-order valence-corrected chi connectivity index (χ0v) is 13.6. The number of nitrogens with zero attached hydrogens (tertiary/aromatic N) is 2. The van der Waals surface area contributed by atoms with Gasteiger partial charge in [-0.1, -0.05) is 30.3 Å². The summed E-state index contributed by atoms with van der Waals surface area (Å²) < 4.78 is 0. The molecular formula is C18H20N2OS. The van der Waals surface area contributed by atoms with E-state index in [2.05, 4.69) is 29.2 Å². The fourth-order valence-electron chi connectivity index (χ4n) is 2.80. The van der Waals surface area contributed by atoms with E-state index in [1.165, 1.54) is 5.69 Å². The third kappa shape index (κ3) is 3.12. The van der Waals surface area contributed by atoms with Crippen LogP contribution in [-0.2, 0) is 0 Å². The molecule has 0 bridgehead atoms. The highest BCUT2D eigenvalue weighted by atomic mass is 32.2. The monoisotopic (exact) mass is 312 g/mol. The lowest BCUT2D eigenvalue weighted by Crippen LogP contribution is -2.48. The Morgan fingerprint density at radius 1 is 0.909 bits per heavy atom. The fraction of sp³-hybridized carbons (Fsp3) is 0.278. The first-order valence-corrected chi connectivity index (χ1v) is 8.74. The van der Waals surface area contributed by atoms with Crippen molar-refractivity contribution in [2.75, 3.05) is 37.3 Å². The first kappa shape index (κ1) is 15.0. The number of hydrogen-bond donors (Lipinski definition) is 0. The molecule has 1 saturated heterocycles. The summed E-state index contributed by atoms with van der Waals surface area (Å²) in [6, 6.07) is 18.3. The van der Waals surface area contributed by atoms with Gasteiger partial charge in [0.1, 0.15) is 0 Å². The van der Waals surface area contributed by atoms with E-state index in [0.29, 0.717) is 0 Å². The molecule has 3 rings (SSSR count). The van der Waals surface area contributed by atoms with E-state index >= 15 is 0 Å². The Labute approximate surface area is 135 Å². The number of hydrogen-bond acceptors (Lipinski definition) is 3. The Kier molecular flexibility index (Phi) is 4.68. The molecule has 1 fully saturated rings. The summed E-state index contributed by atoms with van der Waals surface area (Å²) in [5.41, 5.74) is 2.06. The van der Waals surface area contributed by atoms with E-state index in [9.17, 15) is 4.79 Å². The van der Waals surface area contributed by atoms with Crippen LogP contribution in [0.4, 0.5) is 5.69 Å². The molecule has 2 aromatic carbocycles. The molecule has 1 aliphatic heterocycles. The van der Waals surface area contributed by atoms with E-state index in [1.807, 2.05) is 41.5 Å². The van der Waals surface area contributed by atoms with Crippen molar-refractivity contribution in [3.8, 4) is 0 Å². The standard InChI is InChI=1S/C18H20N2OS/c1-22-17-10-6-5-9-16(17)18(21)20-13-11-19(12-14-20)15-7-3-2-4-8-15/h2-10H,11-14H2,1H3. The van der Waals surface area contributed by atoms with E-state index in [1.54, 1.807) is 11.8 Å². The van der Waals surface area contributed by atoms with Gasteiger partial charge < -0.3 is 9.80 Å². The van der Waals surface area contributed by atoms with Crippen LogP contribution in [0.5, 0.6) is 0 Å². The lowest BCUT2D eigenvalue weighted by molar-refractivity contribution is 0.0743. The summed E-state index contributed by atoms with van der Waals surface area (Å²) >= 11 is 1.63. The normalized spacial score (nSPS) is 15.0. The van der Waals surface area contributed by atoms with Crippen LogP contribution >= 0.6 is 11.8 Å². The smallest absolute Gasteiger partial charge is 0.255 e. The highest BCUT2D eigenvalue weighted by Crippen LogP contribution is 2.22. The van der Waals surface area contributed by atoms with Crippen molar-refractivity contribution in [1.29, 1.82) is 0 Å². The number of anilines is 1. The first-order chi connectivity index (χ1) is 10.8. The highest BCUT2D eigenvalue weighted by Gasteiger charge is 2.23. The number of carbonyl (C=O) groups excluding carboxylic acids is 1. The molecule has 1 amide bonds. The third-order valence-corrected chi connectivity index (χ3v) is 4.82. The topological polar surface area (TPSA) is 23.6 Å². The number of carbonyl (C=O) groups is 1. The van der Waals surface area contributed by atoms with Crippen LogP contribution in [0, 0.1) is 0 Å². The van der Waals surface area contributed by atoms with Crippen molar-refractivity contribution in [1.82, 2.24) is 4.90 Å². The molecule has 0 radical (unpaired) electrons. The number of thioether (sulfide) groups is 1. The van der Waals surface area contributed by atoms with E-state index in [-0.39, 0.29) is 5.91 Å². The first-order valence-electron chi connectivity index (χ1n) is 7.52. The second kappa shape index (κ2) is 6.88. The largest absolute Gasteiger partial charge is 0.368 e. The van der Waals surface area contributed by atoms with Gasteiger partial charge in [-0.3, -0.25) is 4.79 Å². The Morgan fingerprint density at radius 2 is 1.55 bits per heavy atom. The Morgan fingerprint density at radius 3 is 2.23 bits per heavy atom. The van der Waals surface area contributed by atoms with Crippen LogP contribution in [0.15, 0.2) is 59.5 Å². The predicted octanol–water partition coefficient (Wildman–Crippen LogP) is 3.37. The molecule has 0 aromatic heterocycles. The lowest BCUT2D eigenvalue weighted by atomic mass is 10.1. The van der Waals surface area contributed by atoms with Crippen molar-refractivity contribution < 1.29 is 4.79 Å². The molecule has 114 valence electrons. The lowest BCUT2D eigenvalue weighted by Gasteiger charge is -2.36. The maximum absolute atomic E-state index is 12.7.